The first kappa shape index (κ1) is 19.6. The molecule has 0 unspecified atom stereocenters. The summed E-state index contributed by atoms with van der Waals surface area (Å²) in [7, 11) is 2.03. The van der Waals surface area contributed by atoms with E-state index in [9.17, 15) is 4.79 Å². The number of para-hydroxylation sites is 1. The van der Waals surface area contributed by atoms with Crippen LogP contribution in [0.3, 0.4) is 0 Å². The number of rotatable bonds is 5. The van der Waals surface area contributed by atoms with E-state index in [2.05, 4.69) is 16.1 Å². The molecule has 0 aliphatic heterocycles. The van der Waals surface area contributed by atoms with Crippen LogP contribution in [0.15, 0.2) is 60.8 Å². The van der Waals surface area contributed by atoms with Crippen LogP contribution in [-0.2, 0) is 0 Å². The van der Waals surface area contributed by atoms with Crippen molar-refractivity contribution in [2.75, 3.05) is 18.6 Å². The van der Waals surface area contributed by atoms with Crippen molar-refractivity contribution in [3.8, 4) is 0 Å². The molecule has 2 aromatic carbocycles. The lowest BCUT2D eigenvalue weighted by atomic mass is 9.89. The van der Waals surface area contributed by atoms with E-state index in [-0.39, 0.29) is 5.91 Å². The molecule has 1 aliphatic carbocycles. The maximum atomic E-state index is 13.6. The Morgan fingerprint density at radius 1 is 1.03 bits per heavy atom. The lowest BCUT2D eigenvalue weighted by molar-refractivity contribution is 0.0895. The van der Waals surface area contributed by atoms with Gasteiger partial charge in [0.15, 0.2) is 0 Å². The number of fused-ring (bicyclic) bond motifs is 1. The number of hydrazine groups is 1. The van der Waals surface area contributed by atoms with Gasteiger partial charge in [0.2, 0.25) is 0 Å². The minimum Gasteiger partial charge on any atom is -0.267 e. The SMILES string of the molecule is Cc1cccc(C(=O)N(c2cnc3ccccc3c2)N(C)CC2CCCCC2)c1. The number of anilines is 1. The van der Waals surface area contributed by atoms with Crippen LogP contribution in [-0.4, -0.2) is 29.5 Å². The van der Waals surface area contributed by atoms with E-state index in [4.69, 9.17) is 0 Å². The van der Waals surface area contributed by atoms with E-state index >= 15 is 0 Å². The largest absolute Gasteiger partial charge is 0.272 e. The molecule has 3 aromatic rings. The van der Waals surface area contributed by atoms with E-state index < -0.39 is 0 Å². The zero-order chi connectivity index (χ0) is 20.2. The van der Waals surface area contributed by atoms with Crippen LogP contribution in [0, 0.1) is 12.8 Å². The molecule has 1 amide bonds. The third-order valence-corrected chi connectivity index (χ3v) is 5.87. The second kappa shape index (κ2) is 8.75. The Hall–Kier alpha value is -2.72. The van der Waals surface area contributed by atoms with Gasteiger partial charge in [-0.3, -0.25) is 9.78 Å². The van der Waals surface area contributed by atoms with Crippen molar-refractivity contribution in [2.45, 2.75) is 39.0 Å². The van der Waals surface area contributed by atoms with Gasteiger partial charge >= 0.3 is 0 Å². The average molecular weight is 388 g/mol. The highest BCUT2D eigenvalue weighted by Crippen LogP contribution is 2.27. The fraction of sp³-hybridized carbons (Fsp3) is 0.360. The fourth-order valence-corrected chi connectivity index (χ4v) is 4.37. The molecule has 0 radical (unpaired) electrons. The monoisotopic (exact) mass is 387 g/mol. The number of nitrogens with zero attached hydrogens (tertiary/aromatic N) is 3. The molecule has 150 valence electrons. The van der Waals surface area contributed by atoms with Crippen LogP contribution in [0.1, 0.15) is 48.0 Å². The van der Waals surface area contributed by atoms with E-state index in [1.807, 2.05) is 73.7 Å². The second-order valence-corrected chi connectivity index (χ2v) is 8.22. The molecule has 1 aromatic heterocycles. The van der Waals surface area contributed by atoms with Crippen molar-refractivity contribution in [3.05, 3.63) is 71.9 Å². The van der Waals surface area contributed by atoms with Crippen LogP contribution in [0.4, 0.5) is 5.69 Å². The quantitative estimate of drug-likeness (QED) is 0.533. The molecule has 0 bridgehead atoms. The zero-order valence-electron chi connectivity index (χ0n) is 17.3. The number of pyridine rings is 1. The van der Waals surface area contributed by atoms with Gasteiger partial charge in [0.05, 0.1) is 17.4 Å². The lowest BCUT2D eigenvalue weighted by Gasteiger charge is -2.35. The molecular weight excluding hydrogens is 358 g/mol. The maximum absolute atomic E-state index is 13.6. The van der Waals surface area contributed by atoms with Gasteiger partial charge in [0, 0.05) is 24.5 Å². The van der Waals surface area contributed by atoms with Crippen molar-refractivity contribution >= 4 is 22.5 Å². The molecule has 29 heavy (non-hydrogen) atoms. The fourth-order valence-electron chi connectivity index (χ4n) is 4.37. The van der Waals surface area contributed by atoms with Crippen LogP contribution >= 0.6 is 0 Å². The minimum atomic E-state index is -0.0101. The Morgan fingerprint density at radius 3 is 2.62 bits per heavy atom. The van der Waals surface area contributed by atoms with Crippen LogP contribution < -0.4 is 5.01 Å². The Balaban J connectivity index is 1.69. The van der Waals surface area contributed by atoms with E-state index in [1.54, 1.807) is 0 Å². The first-order chi connectivity index (χ1) is 14.1. The number of aryl methyl sites for hydroxylation is 1. The summed E-state index contributed by atoms with van der Waals surface area (Å²) in [6.07, 6.45) is 8.22. The molecule has 1 fully saturated rings. The molecule has 0 atom stereocenters. The van der Waals surface area contributed by atoms with Crippen molar-refractivity contribution < 1.29 is 4.79 Å². The highest BCUT2D eigenvalue weighted by Gasteiger charge is 2.25. The number of hydrogen-bond donors (Lipinski definition) is 0. The lowest BCUT2D eigenvalue weighted by Crippen LogP contribution is -2.47. The molecular formula is C25H29N3O. The van der Waals surface area contributed by atoms with Gasteiger partial charge in [-0.2, -0.15) is 0 Å². The van der Waals surface area contributed by atoms with E-state index in [0.29, 0.717) is 11.5 Å². The highest BCUT2D eigenvalue weighted by molar-refractivity contribution is 6.06. The van der Waals surface area contributed by atoms with Gasteiger partial charge in [0.25, 0.3) is 5.91 Å². The number of hydrogen-bond acceptors (Lipinski definition) is 3. The van der Waals surface area contributed by atoms with Crippen LogP contribution in [0.5, 0.6) is 0 Å². The number of amides is 1. The molecule has 4 nitrogen and oxygen atoms in total. The smallest absolute Gasteiger partial charge is 0.267 e. The topological polar surface area (TPSA) is 36.4 Å². The van der Waals surface area contributed by atoms with E-state index in [0.717, 1.165) is 28.7 Å². The van der Waals surface area contributed by atoms with Gasteiger partial charge in [-0.05, 0) is 49.9 Å². The molecule has 0 spiro atoms. The number of carbonyl (C=O) groups excluding carboxylic acids is 1. The van der Waals surface area contributed by atoms with Gasteiger partial charge < -0.3 is 0 Å². The zero-order valence-corrected chi connectivity index (χ0v) is 17.3. The molecule has 1 aliphatic rings. The summed E-state index contributed by atoms with van der Waals surface area (Å²) in [5.74, 6) is 0.624. The van der Waals surface area contributed by atoms with Gasteiger partial charge in [0.1, 0.15) is 0 Å². The minimum absolute atomic E-state index is 0.0101. The Labute approximate surface area is 173 Å². The molecule has 0 saturated heterocycles. The summed E-state index contributed by atoms with van der Waals surface area (Å²) >= 11 is 0. The molecule has 1 saturated carbocycles. The first-order valence-electron chi connectivity index (χ1n) is 10.6. The van der Waals surface area contributed by atoms with Gasteiger partial charge in [-0.1, -0.05) is 55.2 Å². The summed E-state index contributed by atoms with van der Waals surface area (Å²) in [6.45, 7) is 2.90. The third kappa shape index (κ3) is 4.48. The van der Waals surface area contributed by atoms with Crippen molar-refractivity contribution in [1.82, 2.24) is 9.99 Å². The summed E-state index contributed by atoms with van der Waals surface area (Å²) in [5.41, 5.74) is 3.54. The predicted molar refractivity (Wildman–Crippen MR) is 119 cm³/mol. The summed E-state index contributed by atoms with van der Waals surface area (Å²) in [4.78, 5) is 18.2. The second-order valence-electron chi connectivity index (χ2n) is 8.22. The van der Waals surface area contributed by atoms with Gasteiger partial charge in [-0.25, -0.2) is 10.0 Å². The Bertz CT molecular complexity index is 994. The van der Waals surface area contributed by atoms with Crippen molar-refractivity contribution in [2.24, 2.45) is 5.92 Å². The van der Waals surface area contributed by atoms with Crippen molar-refractivity contribution in [1.29, 1.82) is 0 Å². The normalized spacial score (nSPS) is 15.0. The molecule has 4 rings (SSSR count). The Morgan fingerprint density at radius 2 is 1.83 bits per heavy atom. The molecule has 4 heteroatoms. The maximum Gasteiger partial charge on any atom is 0.272 e. The Kier molecular flexibility index (Phi) is 5.91. The van der Waals surface area contributed by atoms with Crippen LogP contribution in [0.2, 0.25) is 0 Å². The first-order valence-corrected chi connectivity index (χ1v) is 10.6. The van der Waals surface area contributed by atoms with E-state index in [1.165, 1.54) is 32.1 Å². The number of aromatic nitrogens is 1. The van der Waals surface area contributed by atoms with Crippen LogP contribution in [0.25, 0.3) is 10.9 Å². The summed E-state index contributed by atoms with van der Waals surface area (Å²) < 4.78 is 0. The standard InChI is InChI=1S/C25H29N3O/c1-19-9-8-13-22(15-19)25(29)28(27(2)18-20-10-4-3-5-11-20)23-16-21-12-6-7-14-24(21)26-17-23/h6-9,12-17,20H,3-5,10-11,18H2,1-2H3. The summed E-state index contributed by atoms with van der Waals surface area (Å²) in [6, 6.07) is 17.9. The third-order valence-electron chi connectivity index (χ3n) is 5.87. The highest BCUT2D eigenvalue weighted by atomic mass is 16.2. The van der Waals surface area contributed by atoms with Crippen molar-refractivity contribution in [3.63, 3.8) is 0 Å². The molecule has 1 heterocycles. The van der Waals surface area contributed by atoms with Gasteiger partial charge in [-0.15, -0.1) is 0 Å². The number of carbonyl (C=O) groups is 1. The molecule has 0 N–H and O–H groups in total. The predicted octanol–water partition coefficient (Wildman–Crippen LogP) is 5.62. The average Bonchev–Trinajstić information content (AvgIpc) is 2.74. The number of benzene rings is 2. The summed E-state index contributed by atoms with van der Waals surface area (Å²) in [5, 5.41) is 4.94.